The third kappa shape index (κ3) is 2.89. The predicted octanol–water partition coefficient (Wildman–Crippen LogP) is 5.02. The van der Waals surface area contributed by atoms with Gasteiger partial charge in [-0.25, -0.2) is 9.37 Å². The number of imidazole rings is 1. The maximum atomic E-state index is 13.2. The molecule has 1 aliphatic heterocycles. The molecule has 0 radical (unpaired) electrons. The topological polar surface area (TPSA) is 34.9 Å². The molecule has 2 aliphatic rings. The van der Waals surface area contributed by atoms with E-state index in [0.717, 1.165) is 16.8 Å². The number of allylic oxidation sites excluding steroid dienone is 1. The van der Waals surface area contributed by atoms with Gasteiger partial charge in [0.15, 0.2) is 0 Å². The number of carbonyl (C=O) groups excluding carboxylic acids is 1. The fraction of sp³-hybridized carbons (Fsp3) is 0.400. The minimum atomic E-state index is -4.83. The molecule has 0 bridgehead atoms. The number of rotatable bonds is 2. The van der Waals surface area contributed by atoms with Crippen LogP contribution in [-0.2, 0) is 11.3 Å². The first-order valence-electron chi connectivity index (χ1n) is 8.83. The van der Waals surface area contributed by atoms with Crippen LogP contribution < -0.4 is 0 Å². The van der Waals surface area contributed by atoms with E-state index >= 15 is 0 Å². The third-order valence-electron chi connectivity index (χ3n) is 5.84. The zero-order valence-electron chi connectivity index (χ0n) is 14.7. The summed E-state index contributed by atoms with van der Waals surface area (Å²) in [5.74, 6) is -3.07. The Kier molecular flexibility index (Phi) is 4.01. The van der Waals surface area contributed by atoms with Crippen LogP contribution in [0, 0.1) is 17.2 Å². The molecular weight excluding hydrogens is 360 g/mol. The number of carbonyl (C=O) groups is 1. The number of benzene rings is 1. The minimum Gasteiger partial charge on any atom is -0.330 e. The molecule has 2 heterocycles. The van der Waals surface area contributed by atoms with Gasteiger partial charge in [-0.3, -0.25) is 4.79 Å². The highest BCUT2D eigenvalue weighted by atomic mass is 19.4. The van der Waals surface area contributed by atoms with Gasteiger partial charge in [0.05, 0.1) is 17.7 Å². The molecule has 27 heavy (non-hydrogen) atoms. The highest BCUT2D eigenvalue weighted by Gasteiger charge is 2.53. The van der Waals surface area contributed by atoms with Gasteiger partial charge in [-0.1, -0.05) is 12.5 Å². The Bertz CT molecular complexity index is 926. The molecule has 1 aromatic carbocycles. The molecule has 0 unspecified atom stereocenters. The van der Waals surface area contributed by atoms with Gasteiger partial charge < -0.3 is 4.57 Å². The smallest absolute Gasteiger partial charge is 0.330 e. The summed E-state index contributed by atoms with van der Waals surface area (Å²) >= 11 is 0. The Morgan fingerprint density at radius 2 is 1.96 bits per heavy atom. The van der Waals surface area contributed by atoms with Crippen LogP contribution in [0.3, 0.4) is 0 Å². The van der Waals surface area contributed by atoms with Crippen molar-refractivity contribution in [2.75, 3.05) is 0 Å². The summed E-state index contributed by atoms with van der Waals surface area (Å²) in [5.41, 5.74) is 2.17. The van der Waals surface area contributed by atoms with Crippen molar-refractivity contribution in [1.82, 2.24) is 9.55 Å². The van der Waals surface area contributed by atoms with Gasteiger partial charge in [-0.2, -0.15) is 13.2 Å². The standard InChI is InChI=1S/C20H18F4N2O/c1-19-10-26-11-25-17(12-5-7-14(21)8-6-12)16(26)9-13(19)3-2-4-15(19)18(27)20(22,23)24/h5-9,11,15H,2-4,10H2,1H3/t15-,19+/m1/s1. The molecule has 142 valence electrons. The number of halogens is 4. The number of alkyl halides is 3. The van der Waals surface area contributed by atoms with E-state index in [1.807, 2.05) is 6.08 Å². The Morgan fingerprint density at radius 3 is 2.63 bits per heavy atom. The molecule has 0 amide bonds. The second-order valence-corrected chi connectivity index (χ2v) is 7.51. The van der Waals surface area contributed by atoms with Crippen LogP contribution in [0.2, 0.25) is 0 Å². The second-order valence-electron chi connectivity index (χ2n) is 7.51. The number of hydrogen-bond donors (Lipinski definition) is 0. The molecule has 0 N–H and O–H groups in total. The van der Waals surface area contributed by atoms with Crippen LogP contribution in [0.4, 0.5) is 17.6 Å². The van der Waals surface area contributed by atoms with Gasteiger partial charge in [0.2, 0.25) is 5.78 Å². The van der Waals surface area contributed by atoms with Gasteiger partial charge in [0.1, 0.15) is 5.82 Å². The van der Waals surface area contributed by atoms with E-state index in [0.29, 0.717) is 18.5 Å². The number of fused-ring (bicyclic) bond motifs is 2. The molecule has 1 aliphatic carbocycles. The van der Waals surface area contributed by atoms with E-state index in [4.69, 9.17) is 0 Å². The lowest BCUT2D eigenvalue weighted by molar-refractivity contribution is -0.180. The minimum absolute atomic E-state index is 0.237. The van der Waals surface area contributed by atoms with Crippen molar-refractivity contribution in [1.29, 1.82) is 0 Å². The first kappa shape index (κ1) is 17.9. The zero-order valence-corrected chi connectivity index (χ0v) is 14.7. The van der Waals surface area contributed by atoms with Crippen molar-refractivity contribution < 1.29 is 22.4 Å². The molecule has 1 saturated carbocycles. The number of ketones is 1. The highest BCUT2D eigenvalue weighted by molar-refractivity contribution is 5.88. The summed E-state index contributed by atoms with van der Waals surface area (Å²) in [7, 11) is 0. The molecule has 7 heteroatoms. The molecule has 1 aromatic heterocycles. The Balaban J connectivity index is 1.75. The third-order valence-corrected chi connectivity index (χ3v) is 5.84. The molecule has 3 nitrogen and oxygen atoms in total. The normalized spacial score (nSPS) is 24.8. The summed E-state index contributed by atoms with van der Waals surface area (Å²) in [5, 5.41) is 0. The van der Waals surface area contributed by atoms with E-state index in [1.165, 1.54) is 12.1 Å². The quantitative estimate of drug-likeness (QED) is 0.688. The molecule has 4 rings (SSSR count). The fourth-order valence-corrected chi connectivity index (χ4v) is 4.41. The lowest BCUT2D eigenvalue weighted by Gasteiger charge is -2.45. The fourth-order valence-electron chi connectivity index (χ4n) is 4.41. The summed E-state index contributed by atoms with van der Waals surface area (Å²) < 4.78 is 54.3. The van der Waals surface area contributed by atoms with Gasteiger partial charge >= 0.3 is 6.18 Å². The number of Topliss-reactive ketones (excluding diaryl/α,β-unsaturated/α-hetero) is 1. The van der Waals surface area contributed by atoms with Crippen LogP contribution in [-0.4, -0.2) is 21.5 Å². The van der Waals surface area contributed by atoms with E-state index in [1.54, 1.807) is 30.0 Å². The van der Waals surface area contributed by atoms with Gasteiger partial charge in [0.25, 0.3) is 0 Å². The summed E-state index contributed by atoms with van der Waals surface area (Å²) in [6.07, 6.45) is 0.0625. The van der Waals surface area contributed by atoms with Crippen LogP contribution in [0.5, 0.6) is 0 Å². The van der Waals surface area contributed by atoms with Crippen molar-refractivity contribution in [3.05, 3.63) is 47.7 Å². The monoisotopic (exact) mass is 378 g/mol. The van der Waals surface area contributed by atoms with Gasteiger partial charge in [0, 0.05) is 23.4 Å². The summed E-state index contributed by atoms with van der Waals surface area (Å²) in [6.45, 7) is 2.02. The number of nitrogens with zero attached hydrogens (tertiary/aromatic N) is 2. The van der Waals surface area contributed by atoms with Crippen LogP contribution in [0.15, 0.2) is 36.2 Å². The van der Waals surface area contributed by atoms with Crippen LogP contribution in [0.1, 0.15) is 31.9 Å². The SMILES string of the molecule is C[C@]12Cn3cnc(-c4ccc(F)cc4)c3C=C1CCC[C@@H]2C(=O)C(F)(F)F. The Morgan fingerprint density at radius 1 is 1.26 bits per heavy atom. The van der Waals surface area contributed by atoms with Gasteiger partial charge in [-0.05, 0) is 49.6 Å². The molecule has 2 aromatic rings. The lowest BCUT2D eigenvalue weighted by Crippen LogP contribution is -2.47. The molecule has 1 fully saturated rings. The molecule has 0 saturated heterocycles. The molecule has 0 spiro atoms. The number of hydrogen-bond acceptors (Lipinski definition) is 2. The average molecular weight is 378 g/mol. The maximum Gasteiger partial charge on any atom is 0.450 e. The number of aromatic nitrogens is 2. The first-order valence-corrected chi connectivity index (χ1v) is 8.83. The first-order chi connectivity index (χ1) is 12.7. The second kappa shape index (κ2) is 6.04. The van der Waals surface area contributed by atoms with Crippen LogP contribution >= 0.6 is 0 Å². The molecule has 2 atom stereocenters. The maximum absolute atomic E-state index is 13.2. The largest absolute Gasteiger partial charge is 0.450 e. The van der Waals surface area contributed by atoms with Crippen LogP contribution in [0.25, 0.3) is 17.3 Å². The van der Waals surface area contributed by atoms with Crippen molar-refractivity contribution in [2.24, 2.45) is 11.3 Å². The summed E-state index contributed by atoms with van der Waals surface area (Å²) in [6, 6.07) is 5.95. The van der Waals surface area contributed by atoms with E-state index in [2.05, 4.69) is 4.98 Å². The zero-order chi connectivity index (χ0) is 19.4. The van der Waals surface area contributed by atoms with Crippen molar-refractivity contribution in [3.8, 4) is 11.3 Å². The van der Waals surface area contributed by atoms with Gasteiger partial charge in [-0.15, -0.1) is 0 Å². The highest BCUT2D eigenvalue weighted by Crippen LogP contribution is 2.51. The van der Waals surface area contributed by atoms with E-state index < -0.39 is 23.3 Å². The average Bonchev–Trinajstić information content (AvgIpc) is 3.00. The Hall–Kier alpha value is -2.44. The van der Waals surface area contributed by atoms with Crippen molar-refractivity contribution in [3.63, 3.8) is 0 Å². The predicted molar refractivity (Wildman–Crippen MR) is 92.1 cm³/mol. The lowest BCUT2D eigenvalue weighted by atomic mass is 9.61. The van der Waals surface area contributed by atoms with E-state index in [-0.39, 0.29) is 18.8 Å². The molecular formula is C20H18F4N2O. The van der Waals surface area contributed by atoms with E-state index in [9.17, 15) is 22.4 Å². The Labute approximate surface area is 153 Å². The van der Waals surface area contributed by atoms with Crippen molar-refractivity contribution >= 4 is 11.9 Å². The summed E-state index contributed by atoms with van der Waals surface area (Å²) in [4.78, 5) is 16.4. The van der Waals surface area contributed by atoms with Crippen molar-refractivity contribution in [2.45, 2.75) is 38.9 Å².